The lowest BCUT2D eigenvalue weighted by Crippen LogP contribution is -2.35. The Morgan fingerprint density at radius 2 is 1.84 bits per heavy atom. The molecule has 3 aliphatic rings. The van der Waals surface area contributed by atoms with E-state index in [4.69, 9.17) is 14.2 Å². The van der Waals surface area contributed by atoms with Gasteiger partial charge < -0.3 is 14.2 Å². The van der Waals surface area contributed by atoms with Crippen LogP contribution >= 0.6 is 0 Å². The number of ether oxygens (including phenoxy) is 3. The average molecular weight is 268 g/mol. The molecule has 0 radical (unpaired) electrons. The van der Waals surface area contributed by atoms with E-state index in [2.05, 4.69) is 0 Å². The maximum Gasteiger partial charge on any atom is 0.309 e. The first-order chi connectivity index (χ1) is 8.99. The van der Waals surface area contributed by atoms with Crippen LogP contribution in [0.25, 0.3) is 0 Å². The minimum Gasteiger partial charge on any atom is -0.465 e. The molecule has 0 spiro atoms. The van der Waals surface area contributed by atoms with E-state index in [1.165, 1.54) is 13.8 Å². The van der Waals surface area contributed by atoms with Gasteiger partial charge in [0, 0.05) is 31.6 Å². The van der Waals surface area contributed by atoms with Gasteiger partial charge in [-0.3, -0.25) is 14.4 Å². The molecule has 104 valence electrons. The molecule has 6 nitrogen and oxygen atoms in total. The normalized spacial score (nSPS) is 42.7. The van der Waals surface area contributed by atoms with E-state index in [1.807, 2.05) is 0 Å². The molecular weight excluding hydrogens is 252 g/mol. The highest BCUT2D eigenvalue weighted by molar-refractivity contribution is 5.77. The molecule has 0 aromatic carbocycles. The van der Waals surface area contributed by atoms with Gasteiger partial charge in [0.25, 0.3) is 0 Å². The van der Waals surface area contributed by atoms with Crippen molar-refractivity contribution in [3.8, 4) is 0 Å². The van der Waals surface area contributed by atoms with Crippen LogP contribution in [0.5, 0.6) is 0 Å². The smallest absolute Gasteiger partial charge is 0.309 e. The molecule has 2 bridgehead atoms. The zero-order chi connectivity index (χ0) is 13.7. The number of cyclic esters (lactones) is 1. The lowest BCUT2D eigenvalue weighted by atomic mass is 9.80. The van der Waals surface area contributed by atoms with Crippen LogP contribution in [0.15, 0.2) is 0 Å². The van der Waals surface area contributed by atoms with Crippen LogP contribution in [-0.2, 0) is 28.6 Å². The number of hydrogen-bond donors (Lipinski definition) is 0. The second-order valence-corrected chi connectivity index (χ2v) is 5.52. The Hall–Kier alpha value is -1.59. The van der Waals surface area contributed by atoms with Crippen molar-refractivity contribution in [2.24, 2.45) is 23.7 Å². The fourth-order valence-corrected chi connectivity index (χ4v) is 4.02. The summed E-state index contributed by atoms with van der Waals surface area (Å²) in [5, 5.41) is 0. The first kappa shape index (κ1) is 12.4. The lowest BCUT2D eigenvalue weighted by molar-refractivity contribution is -0.155. The summed E-state index contributed by atoms with van der Waals surface area (Å²) in [4.78, 5) is 34.1. The van der Waals surface area contributed by atoms with E-state index in [1.54, 1.807) is 0 Å². The number of hydrogen-bond acceptors (Lipinski definition) is 6. The molecule has 0 unspecified atom stereocenters. The van der Waals surface area contributed by atoms with Gasteiger partial charge in [0.15, 0.2) is 0 Å². The Morgan fingerprint density at radius 3 is 2.47 bits per heavy atom. The maximum absolute atomic E-state index is 11.7. The van der Waals surface area contributed by atoms with Gasteiger partial charge in [0.05, 0.1) is 12.5 Å². The molecule has 0 N–H and O–H groups in total. The van der Waals surface area contributed by atoms with E-state index in [0.717, 1.165) is 0 Å². The van der Waals surface area contributed by atoms with Crippen molar-refractivity contribution in [2.45, 2.75) is 32.5 Å². The van der Waals surface area contributed by atoms with Crippen molar-refractivity contribution >= 4 is 17.9 Å². The Kier molecular flexibility index (Phi) is 2.76. The fourth-order valence-electron chi connectivity index (χ4n) is 4.02. The van der Waals surface area contributed by atoms with Gasteiger partial charge in [-0.05, 0) is 6.42 Å². The standard InChI is InChI=1S/C13H16O6/c1-5(14)18-9-3-7-10-8(4-17-13(10)16)11(9)12(7)19-6(2)15/h7-12H,3-4H2,1-2H3/t7-,8+,9-,10+,11-,12-/m0/s1. The highest BCUT2D eigenvalue weighted by Gasteiger charge is 2.66. The quantitative estimate of drug-likeness (QED) is 0.529. The molecule has 3 fully saturated rings. The summed E-state index contributed by atoms with van der Waals surface area (Å²) in [6.07, 6.45) is -0.0364. The van der Waals surface area contributed by atoms with E-state index in [0.29, 0.717) is 13.0 Å². The summed E-state index contributed by atoms with van der Waals surface area (Å²) < 4.78 is 15.7. The summed E-state index contributed by atoms with van der Waals surface area (Å²) in [5.41, 5.74) is 0. The minimum absolute atomic E-state index is 0.0000463. The van der Waals surface area contributed by atoms with Gasteiger partial charge in [0.2, 0.25) is 0 Å². The van der Waals surface area contributed by atoms with Gasteiger partial charge in [-0.25, -0.2) is 0 Å². The second-order valence-electron chi connectivity index (χ2n) is 5.52. The maximum atomic E-state index is 11.7. The summed E-state index contributed by atoms with van der Waals surface area (Å²) in [6, 6.07) is 0. The lowest BCUT2D eigenvalue weighted by Gasteiger charge is -2.27. The average Bonchev–Trinajstić information content (AvgIpc) is 2.89. The second kappa shape index (κ2) is 4.21. The highest BCUT2D eigenvalue weighted by Crippen LogP contribution is 2.57. The monoisotopic (exact) mass is 268 g/mol. The van der Waals surface area contributed by atoms with E-state index in [9.17, 15) is 14.4 Å². The fraction of sp³-hybridized carbons (Fsp3) is 0.769. The topological polar surface area (TPSA) is 78.9 Å². The van der Waals surface area contributed by atoms with Crippen molar-refractivity contribution < 1.29 is 28.6 Å². The van der Waals surface area contributed by atoms with Crippen molar-refractivity contribution in [1.82, 2.24) is 0 Å². The number of carbonyl (C=O) groups is 3. The Bertz CT molecular complexity index is 444. The number of rotatable bonds is 2. The third-order valence-corrected chi connectivity index (χ3v) is 4.46. The van der Waals surface area contributed by atoms with Crippen LogP contribution in [0.4, 0.5) is 0 Å². The molecular formula is C13H16O6. The van der Waals surface area contributed by atoms with Crippen LogP contribution in [0.2, 0.25) is 0 Å². The molecule has 2 aliphatic carbocycles. The van der Waals surface area contributed by atoms with Crippen LogP contribution < -0.4 is 0 Å². The van der Waals surface area contributed by atoms with Gasteiger partial charge >= 0.3 is 17.9 Å². The molecule has 6 heteroatoms. The zero-order valence-electron chi connectivity index (χ0n) is 10.8. The first-order valence-corrected chi connectivity index (χ1v) is 6.50. The van der Waals surface area contributed by atoms with Crippen molar-refractivity contribution in [1.29, 1.82) is 0 Å². The molecule has 6 atom stereocenters. The molecule has 0 aromatic heterocycles. The molecule has 3 rings (SSSR count). The van der Waals surface area contributed by atoms with E-state index in [-0.39, 0.29) is 53.8 Å². The number of esters is 3. The first-order valence-electron chi connectivity index (χ1n) is 6.50. The Balaban J connectivity index is 1.85. The molecule has 1 aliphatic heterocycles. The molecule has 1 saturated heterocycles. The Labute approximate surface area is 110 Å². The van der Waals surface area contributed by atoms with Crippen molar-refractivity contribution in [3.05, 3.63) is 0 Å². The molecule has 0 amide bonds. The highest BCUT2D eigenvalue weighted by atomic mass is 16.6. The summed E-state index contributed by atoms with van der Waals surface area (Å²) >= 11 is 0. The summed E-state index contributed by atoms with van der Waals surface area (Å²) in [5.74, 6) is -1.33. The third-order valence-electron chi connectivity index (χ3n) is 4.46. The molecule has 0 aromatic rings. The molecule has 1 heterocycles. The predicted octanol–water partition coefficient (Wildman–Crippen LogP) is 0.289. The third kappa shape index (κ3) is 1.81. The van der Waals surface area contributed by atoms with Crippen LogP contribution in [-0.4, -0.2) is 36.7 Å². The zero-order valence-corrected chi connectivity index (χ0v) is 10.8. The van der Waals surface area contributed by atoms with E-state index >= 15 is 0 Å². The summed E-state index contributed by atoms with van der Waals surface area (Å²) in [6.45, 7) is 3.05. The minimum atomic E-state index is -0.364. The van der Waals surface area contributed by atoms with Crippen molar-refractivity contribution in [3.63, 3.8) is 0 Å². The van der Waals surface area contributed by atoms with E-state index < -0.39 is 0 Å². The van der Waals surface area contributed by atoms with Crippen LogP contribution in [0, 0.1) is 23.7 Å². The van der Waals surface area contributed by atoms with Crippen LogP contribution in [0.1, 0.15) is 20.3 Å². The molecule has 19 heavy (non-hydrogen) atoms. The number of fused-ring (bicyclic) bond motifs is 5. The van der Waals surface area contributed by atoms with Gasteiger partial charge in [0.1, 0.15) is 12.2 Å². The van der Waals surface area contributed by atoms with Crippen LogP contribution in [0.3, 0.4) is 0 Å². The Morgan fingerprint density at radius 1 is 1.16 bits per heavy atom. The summed E-state index contributed by atoms with van der Waals surface area (Å²) in [7, 11) is 0. The van der Waals surface area contributed by atoms with Crippen molar-refractivity contribution in [2.75, 3.05) is 6.61 Å². The van der Waals surface area contributed by atoms with Gasteiger partial charge in [-0.15, -0.1) is 0 Å². The SMILES string of the molecule is CC(=O)O[C@H]1[C@H]2C[C@H](OC(C)=O)[C@@H]1[C@@H]1COC(=O)[C@H]21. The van der Waals surface area contributed by atoms with Gasteiger partial charge in [-0.2, -0.15) is 0 Å². The largest absolute Gasteiger partial charge is 0.465 e. The predicted molar refractivity (Wildman–Crippen MR) is 60.6 cm³/mol. The number of carbonyl (C=O) groups excluding carboxylic acids is 3. The molecule has 2 saturated carbocycles. The van der Waals surface area contributed by atoms with Gasteiger partial charge in [-0.1, -0.05) is 0 Å².